The summed E-state index contributed by atoms with van der Waals surface area (Å²) in [6, 6.07) is 10.3. The zero-order chi connectivity index (χ0) is 13.9. The molecule has 3 nitrogen and oxygen atoms in total. The standard InChI is InChI=1S/C16H21NO2/c1-16(2,3)19-15(18)17-11-7-10-14(17)12-13-8-5-4-6-9-13/h4-10,14H,11-12H2,1-3H3/t14-/m1/s1. The van der Waals surface area contributed by atoms with Crippen molar-refractivity contribution in [3.63, 3.8) is 0 Å². The van der Waals surface area contributed by atoms with Gasteiger partial charge in [-0.3, -0.25) is 4.90 Å². The number of carbonyl (C=O) groups excluding carboxylic acids is 1. The molecule has 0 saturated carbocycles. The quantitative estimate of drug-likeness (QED) is 0.762. The summed E-state index contributed by atoms with van der Waals surface area (Å²) in [5.74, 6) is 0. The van der Waals surface area contributed by atoms with E-state index < -0.39 is 5.60 Å². The fourth-order valence-corrected chi connectivity index (χ4v) is 2.14. The van der Waals surface area contributed by atoms with Crippen LogP contribution in [0.3, 0.4) is 0 Å². The first-order chi connectivity index (χ1) is 8.96. The van der Waals surface area contributed by atoms with Gasteiger partial charge in [0, 0.05) is 6.54 Å². The summed E-state index contributed by atoms with van der Waals surface area (Å²) in [7, 11) is 0. The number of hydrogen-bond donors (Lipinski definition) is 0. The van der Waals surface area contributed by atoms with E-state index in [4.69, 9.17) is 4.74 Å². The Kier molecular flexibility index (Phi) is 3.93. The molecule has 0 aromatic heterocycles. The van der Waals surface area contributed by atoms with Gasteiger partial charge in [-0.05, 0) is 32.8 Å². The molecule has 0 unspecified atom stereocenters. The molecule has 0 fully saturated rings. The fraction of sp³-hybridized carbons (Fsp3) is 0.438. The Morgan fingerprint density at radius 2 is 2.00 bits per heavy atom. The van der Waals surface area contributed by atoms with Gasteiger partial charge in [0.1, 0.15) is 5.60 Å². The van der Waals surface area contributed by atoms with Gasteiger partial charge < -0.3 is 4.74 Å². The molecule has 1 atom stereocenters. The highest BCUT2D eigenvalue weighted by Gasteiger charge is 2.28. The van der Waals surface area contributed by atoms with Crippen LogP contribution < -0.4 is 0 Å². The van der Waals surface area contributed by atoms with Crippen LogP contribution in [0.2, 0.25) is 0 Å². The minimum Gasteiger partial charge on any atom is -0.444 e. The molecule has 1 aliphatic rings. The molecular weight excluding hydrogens is 238 g/mol. The van der Waals surface area contributed by atoms with Crippen molar-refractivity contribution in [3.05, 3.63) is 48.0 Å². The predicted molar refractivity (Wildman–Crippen MR) is 76.0 cm³/mol. The van der Waals surface area contributed by atoms with E-state index in [2.05, 4.69) is 18.2 Å². The first-order valence-electron chi connectivity index (χ1n) is 6.66. The highest BCUT2D eigenvalue weighted by atomic mass is 16.6. The molecule has 102 valence electrons. The van der Waals surface area contributed by atoms with Crippen molar-refractivity contribution < 1.29 is 9.53 Å². The number of amides is 1. The molecule has 2 rings (SSSR count). The van der Waals surface area contributed by atoms with Crippen molar-refractivity contribution in [2.24, 2.45) is 0 Å². The van der Waals surface area contributed by atoms with Crippen molar-refractivity contribution in [2.75, 3.05) is 6.54 Å². The van der Waals surface area contributed by atoms with E-state index >= 15 is 0 Å². The van der Waals surface area contributed by atoms with Gasteiger partial charge >= 0.3 is 6.09 Å². The molecule has 3 heteroatoms. The number of benzene rings is 1. The topological polar surface area (TPSA) is 29.5 Å². The van der Waals surface area contributed by atoms with Crippen LogP contribution in [0, 0.1) is 0 Å². The number of hydrogen-bond acceptors (Lipinski definition) is 2. The first-order valence-corrected chi connectivity index (χ1v) is 6.66. The molecular formula is C16H21NO2. The Hall–Kier alpha value is -1.77. The summed E-state index contributed by atoms with van der Waals surface area (Å²) in [6.45, 7) is 6.30. The van der Waals surface area contributed by atoms with Gasteiger partial charge in [0.05, 0.1) is 6.04 Å². The zero-order valence-electron chi connectivity index (χ0n) is 11.8. The van der Waals surface area contributed by atoms with Crippen LogP contribution in [0.25, 0.3) is 0 Å². The minimum absolute atomic E-state index is 0.0947. The minimum atomic E-state index is -0.447. The Morgan fingerprint density at radius 3 is 2.63 bits per heavy atom. The molecule has 0 spiro atoms. The fourth-order valence-electron chi connectivity index (χ4n) is 2.14. The van der Waals surface area contributed by atoms with Crippen molar-refractivity contribution >= 4 is 6.09 Å². The van der Waals surface area contributed by atoms with E-state index in [1.807, 2.05) is 45.0 Å². The smallest absolute Gasteiger partial charge is 0.411 e. The second-order valence-corrected chi connectivity index (χ2v) is 5.82. The Balaban J connectivity index is 2.01. The monoisotopic (exact) mass is 259 g/mol. The molecule has 0 saturated heterocycles. The Labute approximate surface area is 114 Å². The zero-order valence-corrected chi connectivity index (χ0v) is 11.8. The lowest BCUT2D eigenvalue weighted by molar-refractivity contribution is 0.0242. The van der Waals surface area contributed by atoms with Gasteiger partial charge in [-0.2, -0.15) is 0 Å². The average molecular weight is 259 g/mol. The van der Waals surface area contributed by atoms with Crippen LogP contribution in [-0.2, 0) is 11.2 Å². The van der Waals surface area contributed by atoms with Crippen LogP contribution in [0.4, 0.5) is 4.79 Å². The van der Waals surface area contributed by atoms with Gasteiger partial charge in [0.15, 0.2) is 0 Å². The van der Waals surface area contributed by atoms with E-state index in [9.17, 15) is 4.79 Å². The summed E-state index contributed by atoms with van der Waals surface area (Å²) in [6.07, 6.45) is 4.70. The third-order valence-corrected chi connectivity index (χ3v) is 2.98. The van der Waals surface area contributed by atoms with E-state index in [-0.39, 0.29) is 12.1 Å². The van der Waals surface area contributed by atoms with E-state index in [0.717, 1.165) is 6.42 Å². The normalized spacial score (nSPS) is 18.7. The van der Waals surface area contributed by atoms with Gasteiger partial charge in [0.2, 0.25) is 0 Å². The number of rotatable bonds is 2. The summed E-state index contributed by atoms with van der Waals surface area (Å²) in [4.78, 5) is 13.9. The van der Waals surface area contributed by atoms with Crippen molar-refractivity contribution in [1.29, 1.82) is 0 Å². The molecule has 19 heavy (non-hydrogen) atoms. The molecule has 1 aliphatic heterocycles. The van der Waals surface area contributed by atoms with Crippen LogP contribution in [0.1, 0.15) is 26.3 Å². The Morgan fingerprint density at radius 1 is 1.32 bits per heavy atom. The largest absolute Gasteiger partial charge is 0.444 e. The second kappa shape index (κ2) is 5.47. The maximum absolute atomic E-state index is 12.1. The Bertz CT molecular complexity index is 459. The lowest BCUT2D eigenvalue weighted by Gasteiger charge is -2.28. The summed E-state index contributed by atoms with van der Waals surface area (Å²) in [5.41, 5.74) is 0.782. The van der Waals surface area contributed by atoms with Crippen LogP contribution >= 0.6 is 0 Å². The summed E-state index contributed by atoms with van der Waals surface area (Å²) >= 11 is 0. The van der Waals surface area contributed by atoms with Crippen molar-refractivity contribution in [2.45, 2.75) is 38.8 Å². The number of ether oxygens (including phenoxy) is 1. The average Bonchev–Trinajstić information content (AvgIpc) is 2.76. The van der Waals surface area contributed by atoms with Crippen LogP contribution in [0.15, 0.2) is 42.5 Å². The first kappa shape index (κ1) is 13.7. The van der Waals surface area contributed by atoms with Gasteiger partial charge in [-0.25, -0.2) is 4.79 Å². The third kappa shape index (κ3) is 3.85. The lowest BCUT2D eigenvalue weighted by atomic mass is 10.1. The molecule has 1 aromatic rings. The molecule has 1 amide bonds. The van der Waals surface area contributed by atoms with Gasteiger partial charge in [-0.15, -0.1) is 0 Å². The van der Waals surface area contributed by atoms with E-state index in [1.165, 1.54) is 5.56 Å². The maximum atomic E-state index is 12.1. The van der Waals surface area contributed by atoms with Gasteiger partial charge in [0.25, 0.3) is 0 Å². The second-order valence-electron chi connectivity index (χ2n) is 5.82. The number of nitrogens with zero attached hydrogens (tertiary/aromatic N) is 1. The van der Waals surface area contributed by atoms with E-state index in [0.29, 0.717) is 6.54 Å². The van der Waals surface area contributed by atoms with Crippen molar-refractivity contribution in [3.8, 4) is 0 Å². The van der Waals surface area contributed by atoms with Gasteiger partial charge in [-0.1, -0.05) is 42.5 Å². The molecule has 0 radical (unpaired) electrons. The summed E-state index contributed by atoms with van der Waals surface area (Å²) in [5, 5.41) is 0. The van der Waals surface area contributed by atoms with Crippen LogP contribution in [0.5, 0.6) is 0 Å². The SMILES string of the molecule is CC(C)(C)OC(=O)N1CC=C[C@@H]1Cc1ccccc1. The summed E-state index contributed by atoms with van der Waals surface area (Å²) < 4.78 is 5.44. The maximum Gasteiger partial charge on any atom is 0.411 e. The third-order valence-electron chi connectivity index (χ3n) is 2.98. The molecule has 1 aromatic carbocycles. The lowest BCUT2D eigenvalue weighted by Crippen LogP contribution is -2.41. The highest BCUT2D eigenvalue weighted by molar-refractivity contribution is 5.69. The van der Waals surface area contributed by atoms with E-state index in [1.54, 1.807) is 4.90 Å². The molecule has 0 aliphatic carbocycles. The molecule has 0 N–H and O–H groups in total. The highest BCUT2D eigenvalue weighted by Crippen LogP contribution is 2.19. The van der Waals surface area contributed by atoms with Crippen LogP contribution in [-0.4, -0.2) is 29.2 Å². The number of carbonyl (C=O) groups is 1. The molecule has 1 heterocycles. The van der Waals surface area contributed by atoms with Crippen molar-refractivity contribution in [1.82, 2.24) is 4.90 Å². The molecule has 0 bridgehead atoms. The predicted octanol–water partition coefficient (Wildman–Crippen LogP) is 3.40.